The fraction of sp³-hybridized carbons (Fsp3) is 0.0833. The molecule has 0 bridgehead atoms. The smallest absolute Gasteiger partial charge is 0.416 e. The lowest BCUT2D eigenvalue weighted by Gasteiger charge is -2.09. The molecule has 1 heterocycles. The first kappa shape index (κ1) is 14.3. The Morgan fingerprint density at radius 1 is 1.25 bits per heavy atom. The standard InChI is InChI=1S/C12H7ClF3NO3/c13-8-2-1-6(12(14,15)16)5-7(8)9-3-4-10(19-9)20-11(17)18/h1-5H,(H2,17,18). The third kappa shape index (κ3) is 3.05. The second-order valence-electron chi connectivity index (χ2n) is 3.73. The van der Waals surface area contributed by atoms with Crippen LogP contribution in [0, 0.1) is 0 Å². The SMILES string of the molecule is NC(=O)Oc1ccc(-c2cc(C(F)(F)F)ccc2Cl)o1. The van der Waals surface area contributed by atoms with Crippen molar-refractivity contribution in [3.63, 3.8) is 0 Å². The van der Waals surface area contributed by atoms with Gasteiger partial charge in [-0.25, -0.2) is 4.79 Å². The number of rotatable bonds is 2. The molecule has 2 N–H and O–H groups in total. The second kappa shape index (κ2) is 5.09. The van der Waals surface area contributed by atoms with E-state index < -0.39 is 17.8 Å². The van der Waals surface area contributed by atoms with Crippen molar-refractivity contribution in [2.75, 3.05) is 0 Å². The molecule has 0 aliphatic rings. The van der Waals surface area contributed by atoms with Crippen molar-refractivity contribution in [3.8, 4) is 17.3 Å². The Kier molecular flexibility index (Phi) is 3.63. The number of primary amides is 1. The molecule has 1 aromatic carbocycles. The quantitative estimate of drug-likeness (QED) is 0.909. The van der Waals surface area contributed by atoms with Gasteiger partial charge in [-0.15, -0.1) is 0 Å². The van der Waals surface area contributed by atoms with Gasteiger partial charge in [0.1, 0.15) is 5.76 Å². The lowest BCUT2D eigenvalue weighted by Crippen LogP contribution is -2.15. The van der Waals surface area contributed by atoms with Crippen LogP contribution in [0.5, 0.6) is 5.95 Å². The minimum Gasteiger partial charge on any atom is -0.425 e. The van der Waals surface area contributed by atoms with E-state index in [0.29, 0.717) is 0 Å². The zero-order chi connectivity index (χ0) is 14.9. The molecule has 0 saturated carbocycles. The summed E-state index contributed by atoms with van der Waals surface area (Å²) in [5.74, 6) is -0.210. The number of furan rings is 1. The topological polar surface area (TPSA) is 65.5 Å². The van der Waals surface area contributed by atoms with Gasteiger partial charge in [-0.1, -0.05) is 11.6 Å². The first-order valence-corrected chi connectivity index (χ1v) is 5.59. The number of amides is 1. The summed E-state index contributed by atoms with van der Waals surface area (Å²) in [7, 11) is 0. The molecule has 4 nitrogen and oxygen atoms in total. The highest BCUT2D eigenvalue weighted by molar-refractivity contribution is 6.33. The Morgan fingerprint density at radius 3 is 2.55 bits per heavy atom. The van der Waals surface area contributed by atoms with Gasteiger partial charge in [0, 0.05) is 11.6 Å². The van der Waals surface area contributed by atoms with Crippen LogP contribution >= 0.6 is 11.6 Å². The Hall–Kier alpha value is -2.15. The summed E-state index contributed by atoms with van der Waals surface area (Å²) in [5, 5.41) is 0.0676. The number of benzene rings is 1. The Balaban J connectivity index is 2.41. The van der Waals surface area contributed by atoms with E-state index in [9.17, 15) is 18.0 Å². The molecule has 0 atom stereocenters. The van der Waals surface area contributed by atoms with Crippen LogP contribution in [0.1, 0.15) is 5.56 Å². The Bertz CT molecular complexity index is 652. The van der Waals surface area contributed by atoms with Gasteiger partial charge in [0.2, 0.25) is 0 Å². The van der Waals surface area contributed by atoms with E-state index >= 15 is 0 Å². The first-order valence-electron chi connectivity index (χ1n) is 5.21. The summed E-state index contributed by atoms with van der Waals surface area (Å²) in [6, 6.07) is 5.37. The van der Waals surface area contributed by atoms with Crippen molar-refractivity contribution in [1.29, 1.82) is 0 Å². The number of alkyl halides is 3. The van der Waals surface area contributed by atoms with Crippen LogP contribution in [0.15, 0.2) is 34.7 Å². The molecule has 0 spiro atoms. The minimum atomic E-state index is -4.50. The Morgan fingerprint density at radius 2 is 1.95 bits per heavy atom. The van der Waals surface area contributed by atoms with E-state index in [1.807, 2.05) is 0 Å². The van der Waals surface area contributed by atoms with Crippen LogP contribution in [0.2, 0.25) is 5.02 Å². The van der Waals surface area contributed by atoms with Crippen molar-refractivity contribution in [3.05, 3.63) is 40.9 Å². The number of nitrogens with two attached hydrogens (primary N) is 1. The summed E-state index contributed by atoms with van der Waals surface area (Å²) in [4.78, 5) is 10.5. The number of ether oxygens (including phenoxy) is 1. The van der Waals surface area contributed by atoms with Gasteiger partial charge >= 0.3 is 12.3 Å². The lowest BCUT2D eigenvalue weighted by molar-refractivity contribution is -0.137. The maximum absolute atomic E-state index is 12.6. The number of carbonyl (C=O) groups excluding carboxylic acids is 1. The Labute approximate surface area is 115 Å². The van der Waals surface area contributed by atoms with Gasteiger partial charge in [-0.05, 0) is 24.3 Å². The molecule has 1 aromatic heterocycles. The second-order valence-corrected chi connectivity index (χ2v) is 4.14. The molecule has 0 aliphatic carbocycles. The number of halogens is 4. The van der Waals surface area contributed by atoms with Crippen LogP contribution in [0.25, 0.3) is 11.3 Å². The van der Waals surface area contributed by atoms with Gasteiger partial charge in [0.15, 0.2) is 0 Å². The van der Waals surface area contributed by atoms with Gasteiger partial charge < -0.3 is 14.9 Å². The highest BCUT2D eigenvalue weighted by atomic mass is 35.5. The average Bonchev–Trinajstić information content (AvgIpc) is 2.75. The molecule has 0 fully saturated rings. The van der Waals surface area contributed by atoms with Crippen molar-refractivity contribution in [2.45, 2.75) is 6.18 Å². The van der Waals surface area contributed by atoms with Crippen LogP contribution < -0.4 is 10.5 Å². The molecular formula is C12H7ClF3NO3. The molecule has 0 unspecified atom stereocenters. The third-order valence-corrected chi connectivity index (χ3v) is 2.67. The van der Waals surface area contributed by atoms with Crippen LogP contribution in [-0.4, -0.2) is 6.09 Å². The molecule has 20 heavy (non-hydrogen) atoms. The normalized spacial score (nSPS) is 11.4. The fourth-order valence-electron chi connectivity index (χ4n) is 1.51. The van der Waals surface area contributed by atoms with Crippen molar-refractivity contribution in [2.24, 2.45) is 5.73 Å². The van der Waals surface area contributed by atoms with Gasteiger partial charge in [0.25, 0.3) is 5.95 Å². The molecular weight excluding hydrogens is 299 g/mol. The fourth-order valence-corrected chi connectivity index (χ4v) is 1.72. The summed E-state index contributed by atoms with van der Waals surface area (Å²) >= 11 is 5.84. The van der Waals surface area contributed by atoms with Gasteiger partial charge in [-0.2, -0.15) is 13.2 Å². The maximum atomic E-state index is 12.6. The number of hydrogen-bond acceptors (Lipinski definition) is 3. The molecule has 2 rings (SSSR count). The van der Waals surface area contributed by atoms with E-state index in [1.54, 1.807) is 0 Å². The zero-order valence-electron chi connectivity index (χ0n) is 9.70. The van der Waals surface area contributed by atoms with Crippen molar-refractivity contribution in [1.82, 2.24) is 0 Å². The number of carbonyl (C=O) groups is 1. The third-order valence-electron chi connectivity index (χ3n) is 2.34. The summed E-state index contributed by atoms with van der Waals surface area (Å²) in [5.41, 5.74) is 3.95. The van der Waals surface area contributed by atoms with Crippen molar-refractivity contribution < 1.29 is 27.1 Å². The van der Waals surface area contributed by atoms with E-state index in [2.05, 4.69) is 4.74 Å². The highest BCUT2D eigenvalue weighted by Crippen LogP contribution is 2.37. The minimum absolute atomic E-state index is 0.0253. The average molecular weight is 306 g/mol. The van der Waals surface area contributed by atoms with Gasteiger partial charge in [0.05, 0.1) is 10.6 Å². The summed E-state index contributed by atoms with van der Waals surface area (Å²) in [6.45, 7) is 0. The summed E-state index contributed by atoms with van der Waals surface area (Å²) in [6.07, 6.45) is -5.60. The van der Waals surface area contributed by atoms with E-state index in [4.69, 9.17) is 21.8 Å². The predicted molar refractivity (Wildman–Crippen MR) is 64.4 cm³/mol. The highest BCUT2D eigenvalue weighted by Gasteiger charge is 2.31. The first-order chi connectivity index (χ1) is 9.27. The van der Waals surface area contributed by atoms with E-state index in [-0.39, 0.29) is 22.3 Å². The molecule has 1 amide bonds. The molecule has 0 aliphatic heterocycles. The molecule has 8 heteroatoms. The van der Waals surface area contributed by atoms with Gasteiger partial charge in [-0.3, -0.25) is 0 Å². The molecule has 0 saturated heterocycles. The predicted octanol–water partition coefficient (Wildman–Crippen LogP) is 4.08. The van der Waals surface area contributed by atoms with E-state index in [0.717, 1.165) is 18.2 Å². The monoisotopic (exact) mass is 305 g/mol. The molecule has 0 radical (unpaired) electrons. The number of hydrogen-bond donors (Lipinski definition) is 1. The molecule has 106 valence electrons. The van der Waals surface area contributed by atoms with Crippen molar-refractivity contribution >= 4 is 17.7 Å². The summed E-state index contributed by atoms with van der Waals surface area (Å²) < 4.78 is 47.4. The van der Waals surface area contributed by atoms with Crippen LogP contribution in [-0.2, 0) is 6.18 Å². The maximum Gasteiger partial charge on any atom is 0.416 e. The van der Waals surface area contributed by atoms with E-state index in [1.165, 1.54) is 12.1 Å². The lowest BCUT2D eigenvalue weighted by atomic mass is 10.1. The van der Waals surface area contributed by atoms with Crippen LogP contribution in [0.3, 0.4) is 0 Å². The zero-order valence-corrected chi connectivity index (χ0v) is 10.5. The largest absolute Gasteiger partial charge is 0.425 e. The molecule has 2 aromatic rings. The van der Waals surface area contributed by atoms with Crippen LogP contribution in [0.4, 0.5) is 18.0 Å².